The third-order valence-electron chi connectivity index (χ3n) is 1.63. The van der Waals surface area contributed by atoms with Crippen LogP contribution in [-0.2, 0) is 0 Å². The summed E-state index contributed by atoms with van der Waals surface area (Å²) in [6.45, 7) is 0.158. The van der Waals surface area contributed by atoms with Crippen molar-refractivity contribution >= 4 is 0 Å². The minimum atomic E-state index is 0.0612. The van der Waals surface area contributed by atoms with Crippen LogP contribution < -0.4 is 0 Å². The van der Waals surface area contributed by atoms with Crippen molar-refractivity contribution < 1.29 is 10.2 Å². The molecule has 0 aromatic heterocycles. The Labute approximate surface area is 66.2 Å². The quantitative estimate of drug-likeness (QED) is 0.614. The fraction of sp³-hybridized carbons (Fsp3) is 0.333. The maximum Gasteiger partial charge on any atom is 0.0681 e. The number of rotatable bonds is 2. The topological polar surface area (TPSA) is 40.5 Å². The molecule has 0 unspecified atom stereocenters. The molecule has 0 aliphatic heterocycles. The van der Waals surface area contributed by atoms with Crippen LogP contribution in [0.4, 0.5) is 0 Å². The predicted molar refractivity (Wildman–Crippen MR) is 44.1 cm³/mol. The Balaban J connectivity index is 2.72. The van der Waals surface area contributed by atoms with E-state index < -0.39 is 0 Å². The van der Waals surface area contributed by atoms with E-state index in [9.17, 15) is 0 Å². The Hall–Kier alpha value is -0.860. The average molecular weight is 152 g/mol. The molecule has 2 nitrogen and oxygen atoms in total. The first-order valence-corrected chi connectivity index (χ1v) is 3.63. The highest BCUT2D eigenvalue weighted by molar-refractivity contribution is 5.31. The van der Waals surface area contributed by atoms with Crippen LogP contribution in [0.25, 0.3) is 0 Å². The summed E-state index contributed by atoms with van der Waals surface area (Å²) >= 11 is 0. The van der Waals surface area contributed by atoms with Crippen LogP contribution >= 0.6 is 0 Å². The van der Waals surface area contributed by atoms with Crippen LogP contribution in [0, 0.1) is 0 Å². The van der Waals surface area contributed by atoms with Crippen LogP contribution in [0.1, 0.15) is 6.42 Å². The molecule has 1 aliphatic carbocycles. The van der Waals surface area contributed by atoms with Crippen molar-refractivity contribution in [2.24, 2.45) is 0 Å². The summed E-state index contributed by atoms with van der Waals surface area (Å²) in [5.41, 5.74) is 1.86. The van der Waals surface area contributed by atoms with Crippen molar-refractivity contribution in [1.82, 2.24) is 0 Å². The summed E-state index contributed by atoms with van der Waals surface area (Å²) in [6, 6.07) is 0. The molecule has 2 heteroatoms. The van der Waals surface area contributed by atoms with Gasteiger partial charge in [0.05, 0.1) is 13.2 Å². The van der Waals surface area contributed by atoms with Gasteiger partial charge in [0, 0.05) is 0 Å². The first-order chi connectivity index (χ1) is 5.36. The zero-order valence-corrected chi connectivity index (χ0v) is 6.33. The van der Waals surface area contributed by atoms with E-state index in [2.05, 4.69) is 0 Å². The van der Waals surface area contributed by atoms with Crippen molar-refractivity contribution in [2.75, 3.05) is 13.2 Å². The minimum absolute atomic E-state index is 0.0612. The molecular formula is C9H12O2. The monoisotopic (exact) mass is 152 g/mol. The second-order valence-electron chi connectivity index (χ2n) is 2.49. The van der Waals surface area contributed by atoms with Crippen molar-refractivity contribution in [3.63, 3.8) is 0 Å². The average Bonchev–Trinajstić information content (AvgIpc) is 2.28. The molecule has 0 bridgehead atoms. The van der Waals surface area contributed by atoms with Gasteiger partial charge in [-0.1, -0.05) is 24.3 Å². The normalized spacial score (nSPS) is 17.3. The number of aliphatic hydroxyl groups excluding tert-OH is 2. The van der Waals surface area contributed by atoms with E-state index in [1.807, 2.05) is 24.3 Å². The Morgan fingerprint density at radius 3 is 2.64 bits per heavy atom. The summed E-state index contributed by atoms with van der Waals surface area (Å²) < 4.78 is 0. The zero-order valence-electron chi connectivity index (χ0n) is 6.33. The van der Waals surface area contributed by atoms with Crippen LogP contribution in [0.2, 0.25) is 0 Å². The molecule has 0 heterocycles. The number of hydrogen-bond acceptors (Lipinski definition) is 2. The summed E-state index contributed by atoms with van der Waals surface area (Å²) in [5, 5.41) is 17.5. The van der Waals surface area contributed by atoms with Gasteiger partial charge in [-0.25, -0.2) is 0 Å². The lowest BCUT2D eigenvalue weighted by atomic mass is 10.2. The second kappa shape index (κ2) is 4.11. The first-order valence-electron chi connectivity index (χ1n) is 3.63. The fourth-order valence-electron chi connectivity index (χ4n) is 0.933. The highest BCUT2D eigenvalue weighted by atomic mass is 16.3. The largest absolute Gasteiger partial charge is 0.392 e. The van der Waals surface area contributed by atoms with Gasteiger partial charge in [0.2, 0.25) is 0 Å². The lowest BCUT2D eigenvalue weighted by Gasteiger charge is -1.93. The fourth-order valence-corrected chi connectivity index (χ4v) is 0.933. The van der Waals surface area contributed by atoms with Crippen molar-refractivity contribution in [3.8, 4) is 0 Å². The SMILES string of the molecule is OCC1=CC=C(CO)CC=C1. The van der Waals surface area contributed by atoms with Gasteiger partial charge < -0.3 is 10.2 Å². The maximum absolute atomic E-state index is 8.78. The molecule has 0 aromatic carbocycles. The molecule has 0 radical (unpaired) electrons. The van der Waals surface area contributed by atoms with Crippen LogP contribution in [0.15, 0.2) is 35.5 Å². The van der Waals surface area contributed by atoms with Gasteiger partial charge >= 0.3 is 0 Å². The second-order valence-corrected chi connectivity index (χ2v) is 2.49. The predicted octanol–water partition coefficient (Wildman–Crippen LogP) is 0.784. The van der Waals surface area contributed by atoms with Crippen LogP contribution in [0.5, 0.6) is 0 Å². The molecule has 0 saturated carbocycles. The Morgan fingerprint density at radius 1 is 1.18 bits per heavy atom. The molecule has 1 rings (SSSR count). The molecule has 60 valence electrons. The van der Waals surface area contributed by atoms with E-state index in [1.54, 1.807) is 0 Å². The molecule has 2 N–H and O–H groups in total. The van der Waals surface area contributed by atoms with E-state index in [0.717, 1.165) is 17.6 Å². The number of hydrogen-bond donors (Lipinski definition) is 2. The summed E-state index contributed by atoms with van der Waals surface area (Å²) in [7, 11) is 0. The molecule has 0 spiro atoms. The third kappa shape index (κ3) is 2.33. The van der Waals surface area contributed by atoms with Gasteiger partial charge in [-0.15, -0.1) is 0 Å². The van der Waals surface area contributed by atoms with E-state index in [-0.39, 0.29) is 13.2 Å². The lowest BCUT2D eigenvalue weighted by molar-refractivity contribution is 0.329. The standard InChI is InChI=1S/C9H12O2/c10-6-8-2-1-3-9(7-11)5-4-8/h1-2,4-5,10-11H,3,6-7H2. The van der Waals surface area contributed by atoms with Gasteiger partial charge in [0.25, 0.3) is 0 Å². The molecule has 0 aromatic rings. The van der Waals surface area contributed by atoms with Gasteiger partial charge in [0.15, 0.2) is 0 Å². The summed E-state index contributed by atoms with van der Waals surface area (Å²) in [6.07, 6.45) is 8.27. The Kier molecular flexibility index (Phi) is 3.08. The van der Waals surface area contributed by atoms with Gasteiger partial charge in [-0.3, -0.25) is 0 Å². The molecule has 0 saturated heterocycles. The molecule has 0 amide bonds. The van der Waals surface area contributed by atoms with E-state index in [4.69, 9.17) is 10.2 Å². The van der Waals surface area contributed by atoms with Gasteiger partial charge in [-0.2, -0.15) is 0 Å². The highest BCUT2D eigenvalue weighted by Gasteiger charge is 1.96. The summed E-state index contributed by atoms with van der Waals surface area (Å²) in [5.74, 6) is 0. The van der Waals surface area contributed by atoms with Crippen molar-refractivity contribution in [2.45, 2.75) is 6.42 Å². The smallest absolute Gasteiger partial charge is 0.0681 e. The Morgan fingerprint density at radius 2 is 2.00 bits per heavy atom. The first kappa shape index (κ1) is 8.24. The molecule has 1 aliphatic rings. The highest BCUT2D eigenvalue weighted by Crippen LogP contribution is 2.09. The lowest BCUT2D eigenvalue weighted by Crippen LogP contribution is -1.86. The minimum Gasteiger partial charge on any atom is -0.392 e. The maximum atomic E-state index is 8.78. The zero-order chi connectivity index (χ0) is 8.10. The van der Waals surface area contributed by atoms with Crippen LogP contribution in [-0.4, -0.2) is 23.4 Å². The third-order valence-corrected chi connectivity index (χ3v) is 1.63. The summed E-state index contributed by atoms with van der Waals surface area (Å²) in [4.78, 5) is 0. The molecule has 0 atom stereocenters. The van der Waals surface area contributed by atoms with E-state index in [1.165, 1.54) is 0 Å². The van der Waals surface area contributed by atoms with Crippen LogP contribution in [0.3, 0.4) is 0 Å². The van der Waals surface area contributed by atoms with Gasteiger partial charge in [0.1, 0.15) is 0 Å². The molecule has 0 fully saturated rings. The number of allylic oxidation sites excluding steroid dienone is 3. The van der Waals surface area contributed by atoms with E-state index in [0.29, 0.717) is 0 Å². The Bertz CT molecular complexity index is 212. The number of aliphatic hydroxyl groups is 2. The van der Waals surface area contributed by atoms with Crippen molar-refractivity contribution in [3.05, 3.63) is 35.5 Å². The van der Waals surface area contributed by atoms with E-state index >= 15 is 0 Å². The molecule has 11 heavy (non-hydrogen) atoms. The molecular weight excluding hydrogens is 140 g/mol. The van der Waals surface area contributed by atoms with Gasteiger partial charge in [-0.05, 0) is 17.6 Å². The van der Waals surface area contributed by atoms with Crippen molar-refractivity contribution in [1.29, 1.82) is 0 Å².